The van der Waals surface area contributed by atoms with E-state index in [-0.39, 0.29) is 23.6 Å². The molecule has 2 aromatic rings. The first-order valence-electron chi connectivity index (χ1n) is 9.40. The van der Waals surface area contributed by atoms with Gasteiger partial charge in [0, 0.05) is 7.05 Å². The number of amides is 1. The van der Waals surface area contributed by atoms with E-state index in [0.29, 0.717) is 11.5 Å². The van der Waals surface area contributed by atoms with Gasteiger partial charge in [-0.25, -0.2) is 12.8 Å². The Morgan fingerprint density at radius 3 is 2.30 bits per heavy atom. The molecule has 7 nitrogen and oxygen atoms in total. The number of carbonyl (C=O) groups is 1. The molecule has 0 saturated heterocycles. The fraction of sp³-hybridized carbons (Fsp3) is 0.381. The fourth-order valence-electron chi connectivity index (χ4n) is 2.75. The Balaban J connectivity index is 2.05. The van der Waals surface area contributed by atoms with Crippen LogP contribution in [-0.4, -0.2) is 45.4 Å². The van der Waals surface area contributed by atoms with Crippen molar-refractivity contribution < 1.29 is 27.1 Å². The van der Waals surface area contributed by atoms with Crippen LogP contribution in [-0.2, 0) is 14.8 Å². The van der Waals surface area contributed by atoms with E-state index in [9.17, 15) is 17.6 Å². The van der Waals surface area contributed by atoms with Gasteiger partial charge in [-0.15, -0.1) is 0 Å². The molecule has 1 unspecified atom stereocenters. The van der Waals surface area contributed by atoms with Crippen LogP contribution in [0.3, 0.4) is 0 Å². The number of nitrogens with zero attached hydrogens (tertiary/aromatic N) is 1. The number of halogens is 1. The van der Waals surface area contributed by atoms with E-state index in [2.05, 4.69) is 5.32 Å². The van der Waals surface area contributed by atoms with Gasteiger partial charge in [0.05, 0.1) is 30.7 Å². The van der Waals surface area contributed by atoms with Crippen LogP contribution in [0.5, 0.6) is 11.5 Å². The van der Waals surface area contributed by atoms with Crippen molar-refractivity contribution in [2.24, 2.45) is 0 Å². The van der Waals surface area contributed by atoms with Crippen LogP contribution in [0.4, 0.5) is 4.39 Å². The van der Waals surface area contributed by atoms with E-state index >= 15 is 0 Å². The third kappa shape index (κ3) is 5.93. The molecule has 0 saturated carbocycles. The van der Waals surface area contributed by atoms with Crippen molar-refractivity contribution >= 4 is 15.9 Å². The van der Waals surface area contributed by atoms with Crippen molar-refractivity contribution in [1.29, 1.82) is 0 Å². The van der Waals surface area contributed by atoms with Gasteiger partial charge in [0.15, 0.2) is 11.5 Å². The minimum absolute atomic E-state index is 0.0135. The topological polar surface area (TPSA) is 84.9 Å². The number of benzene rings is 2. The zero-order chi connectivity index (χ0) is 22.5. The lowest BCUT2D eigenvalue weighted by atomic mass is 10.1. The Bertz CT molecular complexity index is 977. The van der Waals surface area contributed by atoms with Gasteiger partial charge >= 0.3 is 0 Å². The van der Waals surface area contributed by atoms with Crippen molar-refractivity contribution in [3.63, 3.8) is 0 Å². The smallest absolute Gasteiger partial charge is 0.243 e. The van der Waals surface area contributed by atoms with Gasteiger partial charge in [0.25, 0.3) is 0 Å². The summed E-state index contributed by atoms with van der Waals surface area (Å²) < 4.78 is 50.1. The molecule has 0 aliphatic rings. The molecule has 2 rings (SSSR count). The summed E-state index contributed by atoms with van der Waals surface area (Å²) in [7, 11) is -1.08. The second-order valence-electron chi connectivity index (χ2n) is 7.08. The largest absolute Gasteiger partial charge is 0.493 e. The van der Waals surface area contributed by atoms with Gasteiger partial charge < -0.3 is 14.8 Å². The summed E-state index contributed by atoms with van der Waals surface area (Å²) >= 11 is 0. The van der Waals surface area contributed by atoms with Gasteiger partial charge in [0.1, 0.15) is 5.82 Å². The Hall–Kier alpha value is -2.65. The average Bonchev–Trinajstić information content (AvgIpc) is 2.67. The van der Waals surface area contributed by atoms with Crippen LogP contribution < -0.4 is 14.8 Å². The highest BCUT2D eigenvalue weighted by Gasteiger charge is 2.24. The van der Waals surface area contributed by atoms with E-state index in [1.54, 1.807) is 19.1 Å². The number of rotatable bonds is 9. The quantitative estimate of drug-likeness (QED) is 0.650. The zero-order valence-electron chi connectivity index (χ0n) is 17.7. The summed E-state index contributed by atoms with van der Waals surface area (Å²) in [5, 5.41) is 2.77. The number of nitrogens with one attached hydrogen (secondary N) is 1. The minimum atomic E-state index is -3.91. The molecule has 164 valence electrons. The maximum Gasteiger partial charge on any atom is 0.243 e. The SMILES string of the molecule is COc1cc(C(C)NC(=O)CN(C)S(=O)(=O)c2ccc(F)cc2)ccc1OC(C)C. The van der Waals surface area contributed by atoms with Crippen LogP contribution in [0.1, 0.15) is 32.4 Å². The molecule has 1 atom stereocenters. The maximum absolute atomic E-state index is 13.0. The van der Waals surface area contributed by atoms with Crippen molar-refractivity contribution in [2.45, 2.75) is 37.8 Å². The summed E-state index contributed by atoms with van der Waals surface area (Å²) in [4.78, 5) is 12.3. The average molecular weight is 439 g/mol. The molecule has 0 bridgehead atoms. The molecular formula is C21H27FN2O5S. The Morgan fingerprint density at radius 2 is 1.73 bits per heavy atom. The summed E-state index contributed by atoms with van der Waals surface area (Å²) in [5.41, 5.74) is 0.778. The third-order valence-electron chi connectivity index (χ3n) is 4.32. The van der Waals surface area contributed by atoms with Gasteiger partial charge in [-0.2, -0.15) is 4.31 Å². The second-order valence-corrected chi connectivity index (χ2v) is 9.13. The lowest BCUT2D eigenvalue weighted by molar-refractivity contribution is -0.121. The highest BCUT2D eigenvalue weighted by molar-refractivity contribution is 7.89. The van der Waals surface area contributed by atoms with E-state index in [0.717, 1.165) is 34.1 Å². The molecular weight excluding hydrogens is 411 g/mol. The predicted octanol–water partition coefficient (Wildman–Crippen LogP) is 3.12. The second kappa shape index (κ2) is 9.90. The van der Waals surface area contributed by atoms with E-state index in [1.807, 2.05) is 19.9 Å². The number of hydrogen-bond acceptors (Lipinski definition) is 5. The summed E-state index contributed by atoms with van der Waals surface area (Å²) in [5.74, 6) is 0.124. The third-order valence-corrected chi connectivity index (χ3v) is 6.13. The monoisotopic (exact) mass is 438 g/mol. The molecule has 0 radical (unpaired) electrons. The Kier molecular flexibility index (Phi) is 7.80. The predicted molar refractivity (Wildman–Crippen MR) is 112 cm³/mol. The first-order valence-corrected chi connectivity index (χ1v) is 10.8. The molecule has 0 aliphatic carbocycles. The molecule has 0 heterocycles. The molecule has 0 aromatic heterocycles. The van der Waals surface area contributed by atoms with E-state index in [4.69, 9.17) is 9.47 Å². The number of sulfonamides is 1. The van der Waals surface area contributed by atoms with Gasteiger partial charge in [-0.3, -0.25) is 4.79 Å². The molecule has 0 aliphatic heterocycles. The Labute approximate surface area is 176 Å². The van der Waals surface area contributed by atoms with Crippen LogP contribution >= 0.6 is 0 Å². The van der Waals surface area contributed by atoms with Crippen molar-refractivity contribution in [1.82, 2.24) is 9.62 Å². The van der Waals surface area contributed by atoms with Crippen molar-refractivity contribution in [3.05, 3.63) is 53.8 Å². The molecule has 1 amide bonds. The minimum Gasteiger partial charge on any atom is -0.493 e. The zero-order valence-corrected chi connectivity index (χ0v) is 18.5. The molecule has 0 fully saturated rings. The van der Waals surface area contributed by atoms with Crippen LogP contribution in [0.25, 0.3) is 0 Å². The summed E-state index contributed by atoms with van der Waals surface area (Å²) in [6.07, 6.45) is -0.0135. The summed E-state index contributed by atoms with van der Waals surface area (Å²) in [6.45, 7) is 5.22. The highest BCUT2D eigenvalue weighted by atomic mass is 32.2. The lowest BCUT2D eigenvalue weighted by Crippen LogP contribution is -2.39. The van der Waals surface area contributed by atoms with E-state index < -0.39 is 21.7 Å². The normalized spacial score (nSPS) is 12.7. The fourth-order valence-corrected chi connectivity index (χ4v) is 3.88. The standard InChI is InChI=1S/C21H27FN2O5S/c1-14(2)29-19-11-6-16(12-20(19)28-5)15(3)23-21(25)13-24(4)30(26,27)18-9-7-17(22)8-10-18/h6-12,14-15H,13H2,1-5H3,(H,23,25). The number of hydrogen-bond donors (Lipinski definition) is 1. The van der Waals surface area contributed by atoms with Gasteiger partial charge in [0.2, 0.25) is 15.9 Å². The maximum atomic E-state index is 13.0. The van der Waals surface area contributed by atoms with Gasteiger partial charge in [-0.1, -0.05) is 6.07 Å². The number of methoxy groups -OCH3 is 1. The highest BCUT2D eigenvalue weighted by Crippen LogP contribution is 2.31. The number of ether oxygens (including phenoxy) is 2. The molecule has 30 heavy (non-hydrogen) atoms. The van der Waals surface area contributed by atoms with E-state index in [1.165, 1.54) is 14.2 Å². The van der Waals surface area contributed by atoms with Crippen LogP contribution in [0.2, 0.25) is 0 Å². The molecule has 0 spiro atoms. The first-order chi connectivity index (χ1) is 14.0. The van der Waals surface area contributed by atoms with Crippen LogP contribution in [0.15, 0.2) is 47.4 Å². The number of carbonyl (C=O) groups excluding carboxylic acids is 1. The van der Waals surface area contributed by atoms with Gasteiger partial charge in [-0.05, 0) is 62.7 Å². The molecule has 2 aromatic carbocycles. The molecule has 1 N–H and O–H groups in total. The van der Waals surface area contributed by atoms with Crippen molar-refractivity contribution in [3.8, 4) is 11.5 Å². The first kappa shape index (κ1) is 23.6. The Morgan fingerprint density at radius 1 is 1.10 bits per heavy atom. The van der Waals surface area contributed by atoms with Crippen molar-refractivity contribution in [2.75, 3.05) is 20.7 Å². The summed E-state index contributed by atoms with van der Waals surface area (Å²) in [6, 6.07) is 9.39. The lowest BCUT2D eigenvalue weighted by Gasteiger charge is -2.20. The molecule has 9 heteroatoms. The van der Waals surface area contributed by atoms with Crippen LogP contribution in [0, 0.1) is 5.82 Å². The number of likely N-dealkylation sites (N-methyl/N-ethyl adjacent to an activating group) is 1.